The van der Waals surface area contributed by atoms with Crippen molar-refractivity contribution in [3.63, 3.8) is 0 Å². The van der Waals surface area contributed by atoms with Gasteiger partial charge in [-0.3, -0.25) is 0 Å². The van der Waals surface area contributed by atoms with Crippen molar-refractivity contribution in [1.29, 1.82) is 0 Å². The molecule has 3 N–H and O–H groups in total. The first kappa shape index (κ1) is 8.10. The fourth-order valence-corrected chi connectivity index (χ4v) is 2.68. The van der Waals surface area contributed by atoms with E-state index in [9.17, 15) is 5.11 Å². The molecular weight excluding hydrogens is 170 g/mol. The Balaban J connectivity index is 2.49. The Morgan fingerprint density at radius 1 is 1.50 bits per heavy atom. The van der Waals surface area contributed by atoms with Crippen LogP contribution in [-0.4, -0.2) is 17.4 Å². The van der Waals surface area contributed by atoms with Gasteiger partial charge < -0.3 is 10.8 Å². The predicted octanol–water partition coefficient (Wildman–Crippen LogP) is 0.939. The highest BCUT2D eigenvalue weighted by molar-refractivity contribution is 7.99. The molecule has 0 fully saturated rings. The molecule has 3 heteroatoms. The SMILES string of the molecule is NCC1(O)CSc2ccccc21. The van der Waals surface area contributed by atoms with E-state index >= 15 is 0 Å². The molecule has 0 radical (unpaired) electrons. The van der Waals surface area contributed by atoms with Gasteiger partial charge in [0.25, 0.3) is 0 Å². The molecule has 64 valence electrons. The Morgan fingerprint density at radius 2 is 2.25 bits per heavy atom. The Bertz CT molecular complexity index is 302. The molecule has 0 aliphatic carbocycles. The lowest BCUT2D eigenvalue weighted by Crippen LogP contribution is -2.34. The molecule has 12 heavy (non-hydrogen) atoms. The van der Waals surface area contributed by atoms with Crippen molar-refractivity contribution in [1.82, 2.24) is 0 Å². The highest BCUT2D eigenvalue weighted by atomic mass is 32.2. The van der Waals surface area contributed by atoms with E-state index in [4.69, 9.17) is 5.73 Å². The first-order chi connectivity index (χ1) is 5.76. The number of aliphatic hydroxyl groups is 1. The van der Waals surface area contributed by atoms with Gasteiger partial charge in [0.15, 0.2) is 0 Å². The first-order valence-corrected chi connectivity index (χ1v) is 4.89. The molecule has 0 amide bonds. The van der Waals surface area contributed by atoms with E-state index in [1.54, 1.807) is 11.8 Å². The van der Waals surface area contributed by atoms with Gasteiger partial charge in [-0.2, -0.15) is 0 Å². The number of thioether (sulfide) groups is 1. The van der Waals surface area contributed by atoms with E-state index in [1.807, 2.05) is 24.3 Å². The normalized spacial score (nSPS) is 27.2. The molecule has 1 aliphatic heterocycles. The lowest BCUT2D eigenvalue weighted by Gasteiger charge is -2.20. The van der Waals surface area contributed by atoms with Gasteiger partial charge in [0.05, 0.1) is 0 Å². The quantitative estimate of drug-likeness (QED) is 0.677. The maximum atomic E-state index is 10.0. The molecule has 1 heterocycles. The monoisotopic (exact) mass is 181 g/mol. The zero-order chi connectivity index (χ0) is 8.60. The van der Waals surface area contributed by atoms with Crippen molar-refractivity contribution in [2.24, 2.45) is 5.73 Å². The maximum absolute atomic E-state index is 10.0. The molecular formula is C9H11NOS. The summed E-state index contributed by atoms with van der Waals surface area (Å²) in [6.07, 6.45) is 0. The smallest absolute Gasteiger partial charge is 0.112 e. The Morgan fingerprint density at radius 3 is 3.00 bits per heavy atom. The summed E-state index contributed by atoms with van der Waals surface area (Å²) in [5.41, 5.74) is 5.71. The van der Waals surface area contributed by atoms with Gasteiger partial charge in [0, 0.05) is 17.2 Å². The van der Waals surface area contributed by atoms with Crippen LogP contribution >= 0.6 is 11.8 Å². The van der Waals surface area contributed by atoms with Crippen LogP contribution in [-0.2, 0) is 5.60 Å². The van der Waals surface area contributed by atoms with Crippen molar-refractivity contribution in [2.45, 2.75) is 10.5 Å². The summed E-state index contributed by atoms with van der Waals surface area (Å²) in [5, 5.41) is 10.0. The Hall–Kier alpha value is -0.510. The molecule has 0 spiro atoms. The molecule has 0 bridgehead atoms. The topological polar surface area (TPSA) is 46.2 Å². The minimum atomic E-state index is -0.790. The fraction of sp³-hybridized carbons (Fsp3) is 0.333. The van der Waals surface area contributed by atoms with Crippen LogP contribution in [0.15, 0.2) is 29.2 Å². The Kier molecular flexibility index (Phi) is 1.87. The lowest BCUT2D eigenvalue weighted by molar-refractivity contribution is 0.0733. The summed E-state index contributed by atoms with van der Waals surface area (Å²) in [4.78, 5) is 1.16. The zero-order valence-corrected chi connectivity index (χ0v) is 7.47. The number of fused-ring (bicyclic) bond motifs is 1. The zero-order valence-electron chi connectivity index (χ0n) is 6.66. The van der Waals surface area contributed by atoms with Crippen LogP contribution in [0.3, 0.4) is 0 Å². The van der Waals surface area contributed by atoms with Crippen molar-refractivity contribution < 1.29 is 5.11 Å². The van der Waals surface area contributed by atoms with E-state index in [0.717, 1.165) is 10.5 Å². The second kappa shape index (κ2) is 2.76. The summed E-state index contributed by atoms with van der Waals surface area (Å²) < 4.78 is 0. The molecule has 1 aromatic carbocycles. The maximum Gasteiger partial charge on any atom is 0.112 e. The van der Waals surface area contributed by atoms with Crippen molar-refractivity contribution in [2.75, 3.05) is 12.3 Å². The molecule has 0 aromatic heterocycles. The van der Waals surface area contributed by atoms with Crippen LogP contribution < -0.4 is 5.73 Å². The van der Waals surface area contributed by atoms with Gasteiger partial charge in [-0.15, -0.1) is 11.8 Å². The average molecular weight is 181 g/mol. The lowest BCUT2D eigenvalue weighted by atomic mass is 9.97. The minimum absolute atomic E-state index is 0.303. The molecule has 0 saturated carbocycles. The molecule has 1 aromatic rings. The van der Waals surface area contributed by atoms with Crippen molar-refractivity contribution in [3.05, 3.63) is 29.8 Å². The number of hydrogen-bond acceptors (Lipinski definition) is 3. The van der Waals surface area contributed by atoms with Gasteiger partial charge in [0.1, 0.15) is 5.60 Å². The third kappa shape index (κ3) is 1.05. The van der Waals surface area contributed by atoms with E-state index in [2.05, 4.69) is 0 Å². The van der Waals surface area contributed by atoms with E-state index in [1.165, 1.54) is 0 Å². The molecule has 1 atom stereocenters. The summed E-state index contributed by atoms with van der Waals surface area (Å²) in [7, 11) is 0. The van der Waals surface area contributed by atoms with Crippen LogP contribution in [0.25, 0.3) is 0 Å². The van der Waals surface area contributed by atoms with Crippen LogP contribution in [0.5, 0.6) is 0 Å². The highest BCUT2D eigenvalue weighted by Crippen LogP contribution is 2.41. The summed E-state index contributed by atoms with van der Waals surface area (Å²) in [6, 6.07) is 7.88. The van der Waals surface area contributed by atoms with Crippen molar-refractivity contribution in [3.8, 4) is 0 Å². The van der Waals surface area contributed by atoms with Gasteiger partial charge >= 0.3 is 0 Å². The summed E-state index contributed by atoms with van der Waals surface area (Å²) in [5.74, 6) is 0.683. The summed E-state index contributed by atoms with van der Waals surface area (Å²) >= 11 is 1.67. The van der Waals surface area contributed by atoms with Crippen LogP contribution in [0.1, 0.15) is 5.56 Å². The van der Waals surface area contributed by atoms with E-state index in [0.29, 0.717) is 12.3 Å². The average Bonchev–Trinajstić information content (AvgIpc) is 2.46. The molecule has 2 rings (SSSR count). The standard InChI is InChI=1S/C9H11NOS/c10-5-9(11)6-12-8-4-2-1-3-7(8)9/h1-4,11H,5-6,10H2. The van der Waals surface area contributed by atoms with Gasteiger partial charge in [-0.1, -0.05) is 18.2 Å². The van der Waals surface area contributed by atoms with E-state index < -0.39 is 5.60 Å². The largest absolute Gasteiger partial charge is 0.383 e. The number of benzene rings is 1. The third-order valence-electron chi connectivity index (χ3n) is 2.19. The highest BCUT2D eigenvalue weighted by Gasteiger charge is 2.35. The molecule has 2 nitrogen and oxygen atoms in total. The number of rotatable bonds is 1. The van der Waals surface area contributed by atoms with Crippen LogP contribution in [0.2, 0.25) is 0 Å². The van der Waals surface area contributed by atoms with Gasteiger partial charge in [-0.25, -0.2) is 0 Å². The third-order valence-corrected chi connectivity index (χ3v) is 3.48. The molecule has 1 aliphatic rings. The van der Waals surface area contributed by atoms with Gasteiger partial charge in [-0.05, 0) is 11.6 Å². The second-order valence-corrected chi connectivity index (χ2v) is 4.04. The number of hydrogen-bond donors (Lipinski definition) is 2. The van der Waals surface area contributed by atoms with Gasteiger partial charge in [0.2, 0.25) is 0 Å². The van der Waals surface area contributed by atoms with Crippen LogP contribution in [0.4, 0.5) is 0 Å². The van der Waals surface area contributed by atoms with Crippen molar-refractivity contribution >= 4 is 11.8 Å². The fourth-order valence-electron chi connectivity index (χ4n) is 1.42. The predicted molar refractivity (Wildman–Crippen MR) is 50.1 cm³/mol. The molecule has 0 saturated heterocycles. The second-order valence-electron chi connectivity index (χ2n) is 3.02. The minimum Gasteiger partial charge on any atom is -0.383 e. The van der Waals surface area contributed by atoms with Crippen LogP contribution in [0, 0.1) is 0 Å². The molecule has 1 unspecified atom stereocenters. The summed E-state index contributed by atoms with van der Waals surface area (Å²) in [6.45, 7) is 0.303. The first-order valence-electron chi connectivity index (χ1n) is 3.91. The Labute approximate surface area is 75.8 Å². The number of nitrogens with two attached hydrogens (primary N) is 1. The van der Waals surface area contributed by atoms with E-state index in [-0.39, 0.29) is 0 Å².